The summed E-state index contributed by atoms with van der Waals surface area (Å²) in [6.07, 6.45) is 2.92. The van der Waals surface area contributed by atoms with Gasteiger partial charge in [0.25, 0.3) is 21.8 Å². The van der Waals surface area contributed by atoms with E-state index in [2.05, 4.69) is 27.1 Å². The molecule has 2 saturated heterocycles. The van der Waals surface area contributed by atoms with Crippen LogP contribution in [-0.2, 0) is 25.0 Å². The number of rotatable bonds is 11. The number of piperazine rings is 1. The van der Waals surface area contributed by atoms with Crippen LogP contribution in [0.1, 0.15) is 43.4 Å². The molecule has 1 unspecified atom stereocenters. The third-order valence-electron chi connectivity index (χ3n) is 10.1. The van der Waals surface area contributed by atoms with Gasteiger partial charge in [-0.05, 0) is 50.6 Å². The van der Waals surface area contributed by atoms with Crippen LogP contribution in [0, 0.1) is 17.1 Å². The monoisotopic (exact) mass is 735 g/mol. The second-order valence-corrected chi connectivity index (χ2v) is 14.5. The molecule has 52 heavy (non-hydrogen) atoms. The number of halogens is 1. The van der Waals surface area contributed by atoms with Crippen LogP contribution in [0.4, 0.5) is 10.1 Å². The fourth-order valence-corrected chi connectivity index (χ4v) is 8.96. The lowest BCUT2D eigenvalue weighted by Gasteiger charge is -2.43. The van der Waals surface area contributed by atoms with Gasteiger partial charge >= 0.3 is 0 Å². The zero-order valence-corrected chi connectivity index (χ0v) is 30.4. The lowest BCUT2D eigenvalue weighted by molar-refractivity contribution is -0.137. The van der Waals surface area contributed by atoms with Crippen LogP contribution in [0.3, 0.4) is 0 Å². The van der Waals surface area contributed by atoms with Gasteiger partial charge in [-0.3, -0.25) is 19.9 Å². The molecule has 2 fully saturated rings. The fourth-order valence-electron chi connectivity index (χ4n) is 7.36. The number of nitrogens with zero attached hydrogens (tertiary/aromatic N) is 6. The molecule has 1 N–H and O–H groups in total. The minimum absolute atomic E-state index is 0.0702. The Kier molecular flexibility index (Phi) is 10.7. The van der Waals surface area contributed by atoms with Gasteiger partial charge < -0.3 is 19.1 Å². The molecule has 6 rings (SSSR count). The van der Waals surface area contributed by atoms with Crippen molar-refractivity contribution in [2.45, 2.75) is 43.0 Å². The number of amides is 2. The van der Waals surface area contributed by atoms with Gasteiger partial charge in [0.05, 0.1) is 32.1 Å². The van der Waals surface area contributed by atoms with Gasteiger partial charge in [0.1, 0.15) is 28.3 Å². The lowest BCUT2D eigenvalue weighted by Crippen LogP contribution is -2.60. The molecule has 4 heterocycles. The second-order valence-electron chi connectivity index (χ2n) is 12.7. The van der Waals surface area contributed by atoms with Crippen molar-refractivity contribution in [3.63, 3.8) is 0 Å². The number of carbonyl (C=O) groups excluding carboxylic acids is 2. The summed E-state index contributed by atoms with van der Waals surface area (Å²) in [4.78, 5) is 38.9. The number of benzene rings is 2. The molecular formula is C36H42FN7O7S. The van der Waals surface area contributed by atoms with Crippen molar-refractivity contribution >= 4 is 27.5 Å². The Labute approximate surface area is 302 Å². The molecule has 14 nitrogen and oxygen atoms in total. The van der Waals surface area contributed by atoms with Gasteiger partial charge in [-0.2, -0.15) is 5.26 Å². The number of hydrogen-bond acceptors (Lipinski definition) is 12. The molecule has 3 aliphatic heterocycles. The maximum atomic E-state index is 15.5. The summed E-state index contributed by atoms with van der Waals surface area (Å²) >= 11 is 0. The van der Waals surface area contributed by atoms with Crippen LogP contribution in [0.2, 0.25) is 0 Å². The van der Waals surface area contributed by atoms with E-state index < -0.39 is 49.2 Å². The summed E-state index contributed by atoms with van der Waals surface area (Å²) < 4.78 is 61.6. The second kappa shape index (κ2) is 15.0. The molecule has 0 spiro atoms. The molecular weight excluding hydrogens is 694 g/mol. The van der Waals surface area contributed by atoms with Crippen LogP contribution in [0.5, 0.6) is 17.4 Å². The largest absolute Gasteiger partial charge is 0.497 e. The summed E-state index contributed by atoms with van der Waals surface area (Å²) in [7, 11) is -2.27. The third-order valence-corrected chi connectivity index (χ3v) is 11.9. The summed E-state index contributed by atoms with van der Waals surface area (Å²) in [5, 5.41) is 11.6. The number of fused-ring (bicyclic) bond motifs is 1. The van der Waals surface area contributed by atoms with Crippen molar-refractivity contribution in [1.82, 2.24) is 25.2 Å². The van der Waals surface area contributed by atoms with E-state index in [1.165, 1.54) is 50.7 Å². The van der Waals surface area contributed by atoms with Gasteiger partial charge in [-0.1, -0.05) is 13.0 Å². The summed E-state index contributed by atoms with van der Waals surface area (Å²) in [5.74, 6) is -3.19. The Hall–Kier alpha value is -4.82. The predicted octanol–water partition coefficient (Wildman–Crippen LogP) is 2.66. The van der Waals surface area contributed by atoms with Crippen LogP contribution in [0.15, 0.2) is 53.6 Å². The smallest absolute Gasteiger partial charge is 0.274 e. The molecule has 2 aromatic carbocycles. The number of piperidine rings is 1. The molecule has 3 aliphatic rings. The highest BCUT2D eigenvalue weighted by Gasteiger charge is 2.63. The number of methoxy groups -OCH3 is 2. The van der Waals surface area contributed by atoms with E-state index in [-0.39, 0.29) is 35.1 Å². The standard InChI is InChI=1S/C36H42FN7O7S/c1-5-41-16-18-42(19-17-41)25-11-14-43(15-12-25)40-34(45)36(27-8-7-13-39-33(27)51-6-2)28-20-24(23-38)29(37)22-30(28)44(35(36)46)52(47,48)32-10-9-26(49-3)21-31(32)50-4/h7-10,13,20-22,25H,5-6,11-12,14-19H2,1-4H3,(H,40,45). The van der Waals surface area contributed by atoms with Crippen molar-refractivity contribution in [3.05, 3.63) is 71.2 Å². The maximum Gasteiger partial charge on any atom is 0.274 e. The number of hydrogen-bond donors (Lipinski definition) is 1. The van der Waals surface area contributed by atoms with Crippen molar-refractivity contribution in [3.8, 4) is 23.4 Å². The van der Waals surface area contributed by atoms with Gasteiger partial charge in [-0.25, -0.2) is 27.1 Å². The Bertz CT molecular complexity index is 1990. The minimum atomic E-state index is -4.91. The Balaban J connectivity index is 1.46. The maximum absolute atomic E-state index is 15.5. The number of aromatic nitrogens is 1. The summed E-state index contributed by atoms with van der Waals surface area (Å²) in [6, 6.07) is 10.7. The molecule has 1 atom stereocenters. The Morgan fingerprint density at radius 1 is 1.04 bits per heavy atom. The first kappa shape index (κ1) is 37.0. The van der Waals surface area contributed by atoms with E-state index in [9.17, 15) is 13.7 Å². The van der Waals surface area contributed by atoms with Gasteiger partial charge in [0.2, 0.25) is 5.88 Å². The van der Waals surface area contributed by atoms with Crippen molar-refractivity contribution in [2.24, 2.45) is 0 Å². The Morgan fingerprint density at radius 2 is 1.77 bits per heavy atom. The number of anilines is 1. The first-order valence-electron chi connectivity index (χ1n) is 17.2. The molecule has 0 aliphatic carbocycles. The molecule has 0 bridgehead atoms. The normalized spacial score (nSPS) is 20.3. The minimum Gasteiger partial charge on any atom is -0.497 e. The Morgan fingerprint density at radius 3 is 2.40 bits per heavy atom. The number of ether oxygens (including phenoxy) is 3. The van der Waals surface area contributed by atoms with Crippen molar-refractivity contribution in [1.29, 1.82) is 5.26 Å². The van der Waals surface area contributed by atoms with Crippen LogP contribution in [0.25, 0.3) is 0 Å². The van der Waals surface area contributed by atoms with E-state index in [1.54, 1.807) is 18.0 Å². The molecule has 2 amide bonds. The first-order chi connectivity index (χ1) is 25.0. The molecule has 0 radical (unpaired) electrons. The van der Waals surface area contributed by atoms with Crippen LogP contribution >= 0.6 is 0 Å². The fraction of sp³-hybridized carbons (Fsp3) is 0.444. The van der Waals surface area contributed by atoms with E-state index in [0.717, 1.165) is 57.7 Å². The number of nitriles is 1. The zero-order chi connectivity index (χ0) is 37.2. The topological polar surface area (TPSA) is 158 Å². The average Bonchev–Trinajstić information content (AvgIpc) is 3.42. The number of likely N-dealkylation sites (N-methyl/N-ethyl adjacent to an activating group) is 1. The third kappa shape index (κ3) is 6.31. The highest BCUT2D eigenvalue weighted by Crippen LogP contribution is 2.52. The summed E-state index contributed by atoms with van der Waals surface area (Å²) in [6.45, 7) is 9.80. The van der Waals surface area contributed by atoms with Crippen molar-refractivity contribution in [2.75, 3.05) is 70.9 Å². The van der Waals surface area contributed by atoms with Crippen molar-refractivity contribution < 1.29 is 36.6 Å². The zero-order valence-electron chi connectivity index (χ0n) is 29.6. The number of sulfonamides is 1. The van der Waals surface area contributed by atoms with E-state index in [1.807, 2.05) is 0 Å². The highest BCUT2D eigenvalue weighted by molar-refractivity contribution is 7.93. The number of nitrogens with one attached hydrogen (secondary N) is 1. The van der Waals surface area contributed by atoms with E-state index >= 15 is 14.0 Å². The number of carbonyl (C=O) groups is 2. The SMILES string of the molecule is CCOc1ncccc1C1(C(=O)NN2CCC(N3CCN(CC)CC3)CC2)C(=O)N(S(=O)(=O)c2ccc(OC)cc2OC)c2cc(F)c(C#N)cc21. The number of pyridine rings is 1. The molecule has 3 aromatic rings. The van der Waals surface area contributed by atoms with E-state index in [4.69, 9.17) is 14.2 Å². The molecule has 16 heteroatoms. The van der Waals surface area contributed by atoms with Crippen LogP contribution in [-0.4, -0.2) is 113 Å². The first-order valence-corrected chi connectivity index (χ1v) is 18.7. The van der Waals surface area contributed by atoms with Gasteiger partial charge in [0, 0.05) is 74.8 Å². The van der Waals surface area contributed by atoms with Crippen LogP contribution < -0.4 is 23.9 Å². The molecule has 1 aromatic heterocycles. The quantitative estimate of drug-likeness (QED) is 0.288. The average molecular weight is 736 g/mol. The predicted molar refractivity (Wildman–Crippen MR) is 188 cm³/mol. The van der Waals surface area contributed by atoms with E-state index in [0.29, 0.717) is 23.4 Å². The number of hydrazine groups is 1. The van der Waals surface area contributed by atoms with Gasteiger partial charge in [0.15, 0.2) is 5.41 Å². The summed E-state index contributed by atoms with van der Waals surface area (Å²) in [5.41, 5.74) is -0.793. The lowest BCUT2D eigenvalue weighted by atomic mass is 9.74. The molecule has 0 saturated carbocycles. The van der Waals surface area contributed by atoms with Gasteiger partial charge in [-0.15, -0.1) is 0 Å². The highest BCUT2D eigenvalue weighted by atomic mass is 32.2. The molecule has 276 valence electrons.